The van der Waals surface area contributed by atoms with E-state index in [1.165, 1.54) is 18.9 Å². The van der Waals surface area contributed by atoms with Gasteiger partial charge in [-0.15, -0.1) is 0 Å². The van der Waals surface area contributed by atoms with E-state index in [0.717, 1.165) is 24.2 Å². The van der Waals surface area contributed by atoms with Crippen LogP contribution in [0.25, 0.3) is 6.08 Å². The maximum atomic E-state index is 12.1. The molecular formula is C22H23NO4. The lowest BCUT2D eigenvalue weighted by molar-refractivity contribution is -0.111. The molecule has 5 nitrogen and oxygen atoms in total. The van der Waals surface area contributed by atoms with Gasteiger partial charge in [-0.1, -0.05) is 18.2 Å². The Hall–Kier alpha value is -3.08. The lowest BCUT2D eigenvalue weighted by Crippen LogP contribution is -2.11. The first-order chi connectivity index (χ1) is 13.2. The first-order valence-corrected chi connectivity index (χ1v) is 9.07. The summed E-state index contributed by atoms with van der Waals surface area (Å²) >= 11 is 0. The van der Waals surface area contributed by atoms with Gasteiger partial charge in [0.25, 0.3) is 0 Å². The van der Waals surface area contributed by atoms with Crippen LogP contribution in [0.5, 0.6) is 11.5 Å². The van der Waals surface area contributed by atoms with E-state index in [1.807, 2.05) is 18.2 Å². The number of anilines is 1. The van der Waals surface area contributed by atoms with E-state index >= 15 is 0 Å². The molecule has 27 heavy (non-hydrogen) atoms. The van der Waals surface area contributed by atoms with Crippen molar-refractivity contribution >= 4 is 24.0 Å². The second-order valence-electron chi connectivity index (χ2n) is 6.46. The molecule has 0 spiro atoms. The predicted octanol–water partition coefficient (Wildman–Crippen LogP) is 4.48. The third-order valence-corrected chi connectivity index (χ3v) is 4.56. The van der Waals surface area contributed by atoms with Crippen LogP contribution >= 0.6 is 0 Å². The number of benzene rings is 2. The predicted molar refractivity (Wildman–Crippen MR) is 105 cm³/mol. The largest absolute Gasteiger partial charge is 0.493 e. The van der Waals surface area contributed by atoms with Gasteiger partial charge in [0.1, 0.15) is 0 Å². The maximum Gasteiger partial charge on any atom is 0.248 e. The fraction of sp³-hybridized carbons (Fsp3) is 0.273. The van der Waals surface area contributed by atoms with E-state index in [0.29, 0.717) is 23.3 Å². The summed E-state index contributed by atoms with van der Waals surface area (Å²) in [6.45, 7) is 0. The SMILES string of the molecule is COc1cc(/C=C/C(=O)Nc2ccccc2C=O)ccc1OC1CCCC1. The van der Waals surface area contributed by atoms with Gasteiger partial charge in [-0.05, 0) is 61.6 Å². The summed E-state index contributed by atoms with van der Waals surface area (Å²) in [6.07, 6.45) is 8.65. The van der Waals surface area contributed by atoms with Crippen LogP contribution in [0.4, 0.5) is 5.69 Å². The van der Waals surface area contributed by atoms with E-state index in [1.54, 1.807) is 37.5 Å². The van der Waals surface area contributed by atoms with Crippen molar-refractivity contribution in [1.29, 1.82) is 0 Å². The Balaban J connectivity index is 1.67. The maximum absolute atomic E-state index is 12.1. The van der Waals surface area contributed by atoms with Crippen LogP contribution in [0.1, 0.15) is 41.6 Å². The van der Waals surface area contributed by atoms with Crippen LogP contribution in [-0.2, 0) is 4.79 Å². The number of hydrogen-bond acceptors (Lipinski definition) is 4. The van der Waals surface area contributed by atoms with Gasteiger partial charge in [0.15, 0.2) is 17.8 Å². The van der Waals surface area contributed by atoms with Crippen LogP contribution in [0.15, 0.2) is 48.5 Å². The number of hydrogen-bond donors (Lipinski definition) is 1. The molecule has 3 rings (SSSR count). The molecule has 1 N–H and O–H groups in total. The average molecular weight is 365 g/mol. The minimum atomic E-state index is -0.311. The summed E-state index contributed by atoms with van der Waals surface area (Å²) in [5.74, 6) is 1.07. The molecule has 2 aromatic carbocycles. The molecule has 2 aromatic rings. The van der Waals surface area contributed by atoms with Crippen molar-refractivity contribution in [2.24, 2.45) is 0 Å². The molecule has 0 radical (unpaired) electrons. The molecule has 0 atom stereocenters. The molecule has 0 aliphatic heterocycles. The molecule has 1 saturated carbocycles. The number of carbonyl (C=O) groups excluding carboxylic acids is 2. The molecule has 1 aliphatic carbocycles. The Labute approximate surface area is 159 Å². The van der Waals surface area contributed by atoms with Crippen molar-refractivity contribution in [2.75, 3.05) is 12.4 Å². The Kier molecular flexibility index (Phi) is 6.26. The number of amides is 1. The van der Waals surface area contributed by atoms with E-state index in [2.05, 4.69) is 5.32 Å². The Bertz CT molecular complexity index is 838. The molecule has 1 fully saturated rings. The standard InChI is InChI=1S/C22H23NO4/c1-26-21-14-16(10-12-20(21)27-18-7-3-4-8-18)11-13-22(25)23-19-9-5-2-6-17(19)15-24/h2,5-6,9-15,18H,3-4,7-8H2,1H3,(H,23,25)/b13-11+. The summed E-state index contributed by atoms with van der Waals surface area (Å²) < 4.78 is 11.5. The molecule has 5 heteroatoms. The number of aldehydes is 1. The topological polar surface area (TPSA) is 64.6 Å². The highest BCUT2D eigenvalue weighted by Gasteiger charge is 2.18. The molecular weight excluding hydrogens is 342 g/mol. The van der Waals surface area contributed by atoms with Crippen LogP contribution in [-0.4, -0.2) is 25.4 Å². The van der Waals surface area contributed by atoms with E-state index in [-0.39, 0.29) is 12.0 Å². The number of methoxy groups -OCH3 is 1. The van der Waals surface area contributed by atoms with Crippen molar-refractivity contribution < 1.29 is 19.1 Å². The highest BCUT2D eigenvalue weighted by Crippen LogP contribution is 2.32. The second kappa shape index (κ2) is 9.03. The molecule has 140 valence electrons. The highest BCUT2D eigenvalue weighted by atomic mass is 16.5. The zero-order valence-corrected chi connectivity index (χ0v) is 15.3. The van der Waals surface area contributed by atoms with E-state index in [9.17, 15) is 9.59 Å². The molecule has 1 aliphatic rings. The quantitative estimate of drug-likeness (QED) is 0.580. The van der Waals surface area contributed by atoms with Crippen molar-refractivity contribution in [1.82, 2.24) is 0 Å². The number of carbonyl (C=O) groups is 2. The van der Waals surface area contributed by atoms with Gasteiger partial charge in [0, 0.05) is 11.6 Å². The van der Waals surface area contributed by atoms with E-state index < -0.39 is 0 Å². The lowest BCUT2D eigenvalue weighted by Gasteiger charge is -2.16. The molecule has 0 bridgehead atoms. The molecule has 0 aromatic heterocycles. The first kappa shape index (κ1) is 18.7. The minimum Gasteiger partial charge on any atom is -0.493 e. The second-order valence-corrected chi connectivity index (χ2v) is 6.46. The normalized spacial score (nSPS) is 14.3. The van der Waals surface area contributed by atoms with Gasteiger partial charge < -0.3 is 14.8 Å². The molecule has 0 saturated heterocycles. The van der Waals surface area contributed by atoms with Crippen molar-refractivity contribution in [3.8, 4) is 11.5 Å². The monoisotopic (exact) mass is 365 g/mol. The van der Waals surface area contributed by atoms with Crippen molar-refractivity contribution in [3.63, 3.8) is 0 Å². The summed E-state index contributed by atoms with van der Waals surface area (Å²) in [5.41, 5.74) is 1.75. The van der Waals surface area contributed by atoms with Crippen LogP contribution < -0.4 is 14.8 Å². The van der Waals surface area contributed by atoms with E-state index in [4.69, 9.17) is 9.47 Å². The van der Waals surface area contributed by atoms with Gasteiger partial charge in [0.2, 0.25) is 5.91 Å². The van der Waals surface area contributed by atoms with Gasteiger partial charge in [-0.25, -0.2) is 0 Å². The zero-order chi connectivity index (χ0) is 19.1. The van der Waals surface area contributed by atoms with Crippen LogP contribution in [0.3, 0.4) is 0 Å². The van der Waals surface area contributed by atoms with Crippen molar-refractivity contribution in [3.05, 3.63) is 59.7 Å². The van der Waals surface area contributed by atoms with Crippen LogP contribution in [0, 0.1) is 0 Å². The smallest absolute Gasteiger partial charge is 0.248 e. The fourth-order valence-corrected chi connectivity index (χ4v) is 3.13. The highest BCUT2D eigenvalue weighted by molar-refractivity contribution is 6.04. The third kappa shape index (κ3) is 4.97. The molecule has 0 heterocycles. The summed E-state index contributed by atoms with van der Waals surface area (Å²) in [5, 5.41) is 2.71. The number of rotatable bonds is 7. The Morgan fingerprint density at radius 1 is 1.11 bits per heavy atom. The number of para-hydroxylation sites is 1. The zero-order valence-electron chi connectivity index (χ0n) is 15.3. The molecule has 0 unspecified atom stereocenters. The summed E-state index contributed by atoms with van der Waals surface area (Å²) in [4.78, 5) is 23.2. The first-order valence-electron chi connectivity index (χ1n) is 9.07. The average Bonchev–Trinajstić information content (AvgIpc) is 3.20. The van der Waals surface area contributed by atoms with Gasteiger partial charge in [0.05, 0.1) is 18.9 Å². The van der Waals surface area contributed by atoms with Gasteiger partial charge >= 0.3 is 0 Å². The fourth-order valence-electron chi connectivity index (χ4n) is 3.13. The lowest BCUT2D eigenvalue weighted by atomic mass is 10.1. The third-order valence-electron chi connectivity index (χ3n) is 4.56. The Morgan fingerprint density at radius 3 is 2.63 bits per heavy atom. The van der Waals surface area contributed by atoms with Gasteiger partial charge in [-0.3, -0.25) is 9.59 Å². The summed E-state index contributed by atoms with van der Waals surface area (Å²) in [7, 11) is 1.60. The Morgan fingerprint density at radius 2 is 1.89 bits per heavy atom. The minimum absolute atomic E-state index is 0.254. The number of ether oxygens (including phenoxy) is 2. The molecule has 1 amide bonds. The number of nitrogens with one attached hydrogen (secondary N) is 1. The van der Waals surface area contributed by atoms with Crippen LogP contribution in [0.2, 0.25) is 0 Å². The van der Waals surface area contributed by atoms with Crippen molar-refractivity contribution in [2.45, 2.75) is 31.8 Å². The van der Waals surface area contributed by atoms with Gasteiger partial charge in [-0.2, -0.15) is 0 Å². The summed E-state index contributed by atoms with van der Waals surface area (Å²) in [6, 6.07) is 12.4.